The summed E-state index contributed by atoms with van der Waals surface area (Å²) in [5.41, 5.74) is 1.14. The Morgan fingerprint density at radius 1 is 1.18 bits per heavy atom. The van der Waals surface area contributed by atoms with E-state index in [9.17, 15) is 4.39 Å². The van der Waals surface area contributed by atoms with Crippen molar-refractivity contribution in [2.45, 2.75) is 13.0 Å². The quantitative estimate of drug-likeness (QED) is 0.888. The molecule has 2 aromatic rings. The summed E-state index contributed by atoms with van der Waals surface area (Å²) in [6, 6.07) is 10.4. The average Bonchev–Trinajstić information content (AvgIpc) is 2.53. The molecule has 0 bridgehead atoms. The maximum atomic E-state index is 13.6. The van der Waals surface area contributed by atoms with Crippen molar-refractivity contribution in [1.82, 2.24) is 9.97 Å². The van der Waals surface area contributed by atoms with Crippen molar-refractivity contribution in [3.63, 3.8) is 0 Å². The summed E-state index contributed by atoms with van der Waals surface area (Å²) in [7, 11) is 5.54. The summed E-state index contributed by atoms with van der Waals surface area (Å²) >= 11 is 0. The van der Waals surface area contributed by atoms with Crippen LogP contribution in [0.25, 0.3) is 0 Å². The van der Waals surface area contributed by atoms with Crippen LogP contribution in [0.5, 0.6) is 0 Å². The Morgan fingerprint density at radius 2 is 1.86 bits per heavy atom. The Morgan fingerprint density at radius 3 is 2.50 bits per heavy atom. The number of aromatic nitrogens is 2. The average molecular weight is 303 g/mol. The van der Waals surface area contributed by atoms with E-state index in [0.29, 0.717) is 12.5 Å². The third-order valence-electron chi connectivity index (χ3n) is 3.53. The molecule has 0 radical (unpaired) electrons. The fourth-order valence-electron chi connectivity index (χ4n) is 2.05. The molecule has 0 saturated carbocycles. The molecule has 22 heavy (non-hydrogen) atoms. The first-order valence-electron chi connectivity index (χ1n) is 7.20. The molecule has 5 nitrogen and oxygen atoms in total. The lowest BCUT2D eigenvalue weighted by atomic mass is 10.2. The molecular weight excluding hydrogens is 281 g/mol. The van der Waals surface area contributed by atoms with Crippen molar-refractivity contribution in [1.29, 1.82) is 0 Å². The van der Waals surface area contributed by atoms with Gasteiger partial charge in [-0.1, -0.05) is 18.2 Å². The lowest BCUT2D eigenvalue weighted by Gasteiger charge is -2.27. The van der Waals surface area contributed by atoms with E-state index in [1.54, 1.807) is 19.0 Å². The van der Waals surface area contributed by atoms with Crippen LogP contribution >= 0.6 is 0 Å². The summed E-state index contributed by atoms with van der Waals surface area (Å²) < 4.78 is 13.6. The predicted octanol–water partition coefficient (Wildman–Crippen LogP) is 2.62. The van der Waals surface area contributed by atoms with Gasteiger partial charge in [-0.3, -0.25) is 0 Å². The van der Waals surface area contributed by atoms with Gasteiger partial charge in [0.15, 0.2) is 11.6 Å². The van der Waals surface area contributed by atoms with Crippen LogP contribution in [0.15, 0.2) is 36.5 Å². The standard InChI is InChI=1S/C16H22FN5/c1-12(22(4)13-8-6-5-7-9-13)10-18-16-19-11-14(17)15(20-16)21(2)3/h5-9,11-12H,10H2,1-4H3,(H,18,19,20)/t12-/m0/s1. The number of benzene rings is 1. The minimum atomic E-state index is -0.426. The smallest absolute Gasteiger partial charge is 0.224 e. The molecule has 0 aliphatic carbocycles. The maximum Gasteiger partial charge on any atom is 0.224 e. The largest absolute Gasteiger partial charge is 0.370 e. The highest BCUT2D eigenvalue weighted by molar-refractivity contribution is 5.47. The Kier molecular flexibility index (Phi) is 5.14. The van der Waals surface area contributed by atoms with Crippen LogP contribution in [-0.2, 0) is 0 Å². The van der Waals surface area contributed by atoms with Gasteiger partial charge in [-0.2, -0.15) is 4.98 Å². The topological polar surface area (TPSA) is 44.3 Å². The van der Waals surface area contributed by atoms with Crippen molar-refractivity contribution in [3.8, 4) is 0 Å². The normalized spacial score (nSPS) is 11.9. The van der Waals surface area contributed by atoms with Gasteiger partial charge in [0.1, 0.15) is 0 Å². The number of para-hydroxylation sites is 1. The molecule has 0 amide bonds. The molecule has 118 valence electrons. The Balaban J connectivity index is 1.99. The predicted molar refractivity (Wildman–Crippen MR) is 89.1 cm³/mol. The van der Waals surface area contributed by atoms with E-state index in [-0.39, 0.29) is 11.9 Å². The summed E-state index contributed by atoms with van der Waals surface area (Å²) in [5, 5.41) is 3.16. The van der Waals surface area contributed by atoms with E-state index in [1.165, 1.54) is 6.20 Å². The van der Waals surface area contributed by atoms with Gasteiger partial charge in [-0.05, 0) is 19.1 Å². The molecule has 1 aromatic carbocycles. The molecule has 0 fully saturated rings. The monoisotopic (exact) mass is 303 g/mol. The second-order valence-corrected chi connectivity index (χ2v) is 5.44. The molecular formula is C16H22FN5. The molecule has 6 heteroatoms. The first-order chi connectivity index (χ1) is 10.5. The number of hydrogen-bond acceptors (Lipinski definition) is 5. The van der Waals surface area contributed by atoms with E-state index in [1.807, 2.05) is 25.2 Å². The molecule has 0 saturated heterocycles. The van der Waals surface area contributed by atoms with Crippen LogP contribution in [0.3, 0.4) is 0 Å². The van der Waals surface area contributed by atoms with Gasteiger partial charge in [-0.15, -0.1) is 0 Å². The maximum absolute atomic E-state index is 13.6. The highest BCUT2D eigenvalue weighted by Crippen LogP contribution is 2.16. The fraction of sp³-hybridized carbons (Fsp3) is 0.375. The van der Waals surface area contributed by atoms with Gasteiger partial charge in [-0.25, -0.2) is 9.37 Å². The van der Waals surface area contributed by atoms with Gasteiger partial charge in [0.2, 0.25) is 5.95 Å². The van der Waals surface area contributed by atoms with Crippen molar-refractivity contribution in [3.05, 3.63) is 42.3 Å². The Hall–Kier alpha value is -2.37. The van der Waals surface area contributed by atoms with Crippen molar-refractivity contribution < 1.29 is 4.39 Å². The summed E-state index contributed by atoms with van der Waals surface area (Å²) in [4.78, 5) is 12.0. The van der Waals surface area contributed by atoms with Crippen LogP contribution in [0.1, 0.15) is 6.92 Å². The first kappa shape index (κ1) is 16.0. The van der Waals surface area contributed by atoms with E-state index < -0.39 is 5.82 Å². The zero-order valence-electron chi connectivity index (χ0n) is 13.4. The third-order valence-corrected chi connectivity index (χ3v) is 3.53. The zero-order valence-corrected chi connectivity index (χ0v) is 13.4. The summed E-state index contributed by atoms with van der Waals surface area (Å²) in [6.45, 7) is 2.76. The van der Waals surface area contributed by atoms with Crippen molar-refractivity contribution in [2.75, 3.05) is 42.8 Å². The number of nitrogens with one attached hydrogen (secondary N) is 1. The number of nitrogens with zero attached hydrogens (tertiary/aromatic N) is 4. The van der Waals surface area contributed by atoms with Crippen molar-refractivity contribution >= 4 is 17.5 Å². The molecule has 1 atom stereocenters. The lowest BCUT2D eigenvalue weighted by Crippen LogP contribution is -2.35. The molecule has 0 aliphatic rings. The number of anilines is 3. The van der Waals surface area contributed by atoms with Crippen LogP contribution < -0.4 is 15.1 Å². The Labute approximate surface area is 130 Å². The van der Waals surface area contributed by atoms with E-state index in [4.69, 9.17) is 0 Å². The molecule has 1 N–H and O–H groups in total. The van der Waals surface area contributed by atoms with Crippen molar-refractivity contribution in [2.24, 2.45) is 0 Å². The minimum Gasteiger partial charge on any atom is -0.370 e. The molecule has 0 spiro atoms. The minimum absolute atomic E-state index is 0.235. The first-order valence-corrected chi connectivity index (χ1v) is 7.20. The number of hydrogen-bond donors (Lipinski definition) is 1. The number of rotatable bonds is 6. The highest BCUT2D eigenvalue weighted by Gasteiger charge is 2.12. The highest BCUT2D eigenvalue weighted by atomic mass is 19.1. The number of halogens is 1. The second kappa shape index (κ2) is 7.06. The molecule has 1 heterocycles. The van der Waals surface area contributed by atoms with E-state index in [2.05, 4.69) is 39.2 Å². The van der Waals surface area contributed by atoms with Gasteiger partial charge in [0.25, 0.3) is 0 Å². The van der Waals surface area contributed by atoms with Gasteiger partial charge >= 0.3 is 0 Å². The van der Waals surface area contributed by atoms with E-state index >= 15 is 0 Å². The Bertz CT molecular complexity index is 603. The molecule has 2 rings (SSSR count). The summed E-state index contributed by atoms with van der Waals surface area (Å²) in [6.07, 6.45) is 1.19. The van der Waals surface area contributed by atoms with Gasteiger partial charge in [0.05, 0.1) is 6.20 Å². The van der Waals surface area contributed by atoms with Crippen LogP contribution in [-0.4, -0.2) is 43.7 Å². The fourth-order valence-corrected chi connectivity index (χ4v) is 2.05. The number of likely N-dealkylation sites (N-methyl/N-ethyl adjacent to an activating group) is 1. The van der Waals surface area contributed by atoms with Crippen LogP contribution in [0, 0.1) is 5.82 Å². The third kappa shape index (κ3) is 3.84. The zero-order chi connectivity index (χ0) is 16.1. The lowest BCUT2D eigenvalue weighted by molar-refractivity contribution is 0.611. The molecule has 1 aromatic heterocycles. The summed E-state index contributed by atoms with van der Waals surface area (Å²) in [5.74, 6) is 0.282. The van der Waals surface area contributed by atoms with E-state index in [0.717, 1.165) is 5.69 Å². The second-order valence-electron chi connectivity index (χ2n) is 5.44. The molecule has 0 unspecified atom stereocenters. The SMILES string of the molecule is C[C@@H](CNc1ncc(F)c(N(C)C)n1)N(C)c1ccccc1. The van der Waals surface area contributed by atoms with Crippen LogP contribution in [0.2, 0.25) is 0 Å². The van der Waals surface area contributed by atoms with Crippen LogP contribution in [0.4, 0.5) is 21.8 Å². The van der Waals surface area contributed by atoms with Gasteiger partial charge in [0, 0.05) is 39.4 Å². The molecule has 0 aliphatic heterocycles. The van der Waals surface area contributed by atoms with Gasteiger partial charge < -0.3 is 15.1 Å².